The molecule has 0 saturated heterocycles. The summed E-state index contributed by atoms with van der Waals surface area (Å²) >= 11 is 5.98. The number of amides is 1. The summed E-state index contributed by atoms with van der Waals surface area (Å²) < 4.78 is 2.73. The number of rotatable bonds is 4. The third kappa shape index (κ3) is 2.72. The van der Waals surface area contributed by atoms with Crippen molar-refractivity contribution in [3.63, 3.8) is 0 Å². The molecule has 0 atom stereocenters. The zero-order valence-corrected chi connectivity index (χ0v) is 12.4. The molecule has 0 radical (unpaired) electrons. The number of aryl methyl sites for hydroxylation is 2. The van der Waals surface area contributed by atoms with Crippen molar-refractivity contribution in [2.45, 2.75) is 6.54 Å². The van der Waals surface area contributed by atoms with E-state index in [2.05, 4.69) is 10.2 Å². The smallest absolute Gasteiger partial charge is 0.320 e. The van der Waals surface area contributed by atoms with Gasteiger partial charge in [-0.1, -0.05) is 11.6 Å². The van der Waals surface area contributed by atoms with Crippen LogP contribution in [0.1, 0.15) is 16.2 Å². The highest BCUT2D eigenvalue weighted by atomic mass is 35.5. The van der Waals surface area contributed by atoms with Crippen molar-refractivity contribution in [3.05, 3.63) is 38.9 Å². The van der Waals surface area contributed by atoms with Crippen LogP contribution in [0.2, 0.25) is 5.02 Å². The van der Waals surface area contributed by atoms with E-state index in [1.807, 2.05) is 0 Å². The first-order chi connectivity index (χ1) is 9.82. The molecule has 1 amide bonds. The molecule has 0 fully saturated rings. The van der Waals surface area contributed by atoms with Crippen molar-refractivity contribution in [3.8, 4) is 0 Å². The van der Waals surface area contributed by atoms with Crippen molar-refractivity contribution in [2.75, 3.05) is 7.05 Å². The number of aromatic nitrogens is 4. The van der Waals surface area contributed by atoms with Crippen LogP contribution in [0.5, 0.6) is 0 Å². The van der Waals surface area contributed by atoms with E-state index in [0.29, 0.717) is 10.7 Å². The molecule has 10 heteroatoms. The van der Waals surface area contributed by atoms with Gasteiger partial charge in [-0.05, 0) is 0 Å². The van der Waals surface area contributed by atoms with Gasteiger partial charge in [-0.15, -0.1) is 0 Å². The molecule has 2 rings (SSSR count). The number of hydrogen-bond donors (Lipinski definition) is 0. The normalized spacial score (nSPS) is 10.7. The van der Waals surface area contributed by atoms with E-state index < -0.39 is 10.8 Å². The maximum atomic E-state index is 12.4. The number of nitro groups is 1. The molecular formula is C11H13ClN6O3. The average Bonchev–Trinajstić information content (AvgIpc) is 2.95. The molecule has 0 aliphatic carbocycles. The van der Waals surface area contributed by atoms with E-state index in [9.17, 15) is 14.9 Å². The Morgan fingerprint density at radius 1 is 1.38 bits per heavy atom. The third-order valence-electron chi connectivity index (χ3n) is 3.06. The van der Waals surface area contributed by atoms with Gasteiger partial charge in [-0.2, -0.15) is 10.2 Å². The Kier molecular flexibility index (Phi) is 3.94. The molecule has 0 aliphatic rings. The molecule has 0 N–H and O–H groups in total. The quantitative estimate of drug-likeness (QED) is 0.619. The molecule has 0 aromatic carbocycles. The highest BCUT2D eigenvalue weighted by molar-refractivity contribution is 6.31. The molecule has 0 unspecified atom stereocenters. The van der Waals surface area contributed by atoms with Crippen LogP contribution in [0, 0.1) is 10.1 Å². The first kappa shape index (κ1) is 15.0. The maximum absolute atomic E-state index is 12.4. The minimum absolute atomic E-state index is 0.0826. The zero-order valence-electron chi connectivity index (χ0n) is 11.6. The van der Waals surface area contributed by atoms with E-state index in [4.69, 9.17) is 11.6 Å². The molecule has 112 valence electrons. The van der Waals surface area contributed by atoms with Crippen molar-refractivity contribution in [1.29, 1.82) is 0 Å². The lowest BCUT2D eigenvalue weighted by Gasteiger charge is -2.17. The Balaban J connectivity index is 2.28. The summed E-state index contributed by atoms with van der Waals surface area (Å²) in [6, 6.07) is 0. The van der Waals surface area contributed by atoms with Crippen LogP contribution in [0.3, 0.4) is 0 Å². The van der Waals surface area contributed by atoms with Gasteiger partial charge in [0.25, 0.3) is 5.91 Å². The minimum atomic E-state index is -0.634. The van der Waals surface area contributed by atoms with E-state index in [1.165, 1.54) is 29.9 Å². The molecule has 0 bridgehead atoms. The Bertz CT molecular complexity index is 687. The summed E-state index contributed by atoms with van der Waals surface area (Å²) in [6.45, 7) is 0.177. The lowest BCUT2D eigenvalue weighted by molar-refractivity contribution is -0.385. The minimum Gasteiger partial charge on any atom is -0.334 e. The summed E-state index contributed by atoms with van der Waals surface area (Å²) in [5, 5.41) is 19.1. The van der Waals surface area contributed by atoms with Gasteiger partial charge in [0.1, 0.15) is 6.20 Å². The van der Waals surface area contributed by atoms with Gasteiger partial charge >= 0.3 is 5.69 Å². The van der Waals surface area contributed by atoms with Gasteiger partial charge in [-0.25, -0.2) is 0 Å². The topological polar surface area (TPSA) is 99.1 Å². The largest absolute Gasteiger partial charge is 0.334 e. The van der Waals surface area contributed by atoms with Gasteiger partial charge in [0.05, 0.1) is 28.4 Å². The first-order valence-corrected chi connectivity index (χ1v) is 6.29. The van der Waals surface area contributed by atoms with Crippen LogP contribution < -0.4 is 0 Å². The molecule has 9 nitrogen and oxygen atoms in total. The monoisotopic (exact) mass is 312 g/mol. The van der Waals surface area contributed by atoms with Crippen molar-refractivity contribution < 1.29 is 9.72 Å². The van der Waals surface area contributed by atoms with Crippen LogP contribution in [0.15, 0.2) is 12.4 Å². The van der Waals surface area contributed by atoms with Crippen LogP contribution in [0.4, 0.5) is 5.69 Å². The number of nitrogens with zero attached hydrogens (tertiary/aromatic N) is 6. The lowest BCUT2D eigenvalue weighted by atomic mass is 10.3. The Morgan fingerprint density at radius 3 is 2.52 bits per heavy atom. The molecule has 2 aromatic heterocycles. The predicted molar refractivity (Wildman–Crippen MR) is 73.9 cm³/mol. The Morgan fingerprint density at radius 2 is 2.00 bits per heavy atom. The van der Waals surface area contributed by atoms with Gasteiger partial charge in [0.2, 0.25) is 5.69 Å². The summed E-state index contributed by atoms with van der Waals surface area (Å²) in [5.41, 5.74) is 0.226. The highest BCUT2D eigenvalue weighted by Crippen LogP contribution is 2.21. The maximum Gasteiger partial charge on any atom is 0.320 e. The molecular weight excluding hydrogens is 300 g/mol. The van der Waals surface area contributed by atoms with Crippen LogP contribution in [-0.4, -0.2) is 42.3 Å². The average molecular weight is 313 g/mol. The van der Waals surface area contributed by atoms with Crippen molar-refractivity contribution in [1.82, 2.24) is 24.5 Å². The van der Waals surface area contributed by atoms with Crippen molar-refractivity contribution in [2.24, 2.45) is 14.1 Å². The van der Waals surface area contributed by atoms with Crippen LogP contribution in [-0.2, 0) is 20.6 Å². The predicted octanol–water partition coefficient (Wildman–Crippen LogP) is 0.987. The number of halogens is 1. The fourth-order valence-electron chi connectivity index (χ4n) is 1.90. The highest BCUT2D eigenvalue weighted by Gasteiger charge is 2.28. The van der Waals surface area contributed by atoms with Crippen LogP contribution in [0.25, 0.3) is 0 Å². The van der Waals surface area contributed by atoms with Crippen molar-refractivity contribution >= 4 is 23.2 Å². The summed E-state index contributed by atoms with van der Waals surface area (Å²) in [6.07, 6.45) is 2.53. The molecule has 0 aliphatic heterocycles. The standard InChI is InChI=1S/C11H13ClN6O3/c1-15(6-9-7(12)4-13-16(9)2)11(19)10-8(18(20)21)5-14-17(10)3/h4-5H,6H2,1-3H3. The molecule has 0 saturated carbocycles. The van der Waals surface area contributed by atoms with E-state index in [1.54, 1.807) is 11.7 Å². The van der Waals surface area contributed by atoms with E-state index in [0.717, 1.165) is 6.20 Å². The van der Waals surface area contributed by atoms with Crippen LogP contribution >= 0.6 is 11.6 Å². The summed E-state index contributed by atoms with van der Waals surface area (Å²) in [7, 11) is 4.71. The summed E-state index contributed by atoms with van der Waals surface area (Å²) in [5.74, 6) is -0.515. The second-order valence-electron chi connectivity index (χ2n) is 4.48. The molecule has 0 spiro atoms. The van der Waals surface area contributed by atoms with Gasteiger partial charge in [-0.3, -0.25) is 24.3 Å². The SMILES string of the molecule is CN(Cc1c(Cl)cnn1C)C(=O)c1c([N+](=O)[O-])cnn1C. The zero-order chi connectivity index (χ0) is 15.7. The molecule has 21 heavy (non-hydrogen) atoms. The Hall–Kier alpha value is -2.42. The lowest BCUT2D eigenvalue weighted by Crippen LogP contribution is -2.29. The molecule has 2 aromatic rings. The van der Waals surface area contributed by atoms with Gasteiger partial charge in [0, 0.05) is 21.1 Å². The number of hydrogen-bond acceptors (Lipinski definition) is 5. The fourth-order valence-corrected chi connectivity index (χ4v) is 2.12. The third-order valence-corrected chi connectivity index (χ3v) is 3.38. The summed E-state index contributed by atoms with van der Waals surface area (Å²) in [4.78, 5) is 24.0. The van der Waals surface area contributed by atoms with E-state index in [-0.39, 0.29) is 17.9 Å². The second-order valence-corrected chi connectivity index (χ2v) is 4.89. The van der Waals surface area contributed by atoms with Gasteiger partial charge < -0.3 is 4.90 Å². The first-order valence-electron chi connectivity index (χ1n) is 5.91. The number of carbonyl (C=O) groups is 1. The second kappa shape index (κ2) is 5.52. The number of carbonyl (C=O) groups excluding carboxylic acids is 1. The van der Waals surface area contributed by atoms with Gasteiger partial charge in [0.15, 0.2) is 0 Å². The van der Waals surface area contributed by atoms with E-state index >= 15 is 0 Å². The fraction of sp³-hybridized carbons (Fsp3) is 0.364. The molecule has 2 heterocycles. The Labute approximate surface area is 124 Å².